The van der Waals surface area contributed by atoms with Crippen molar-refractivity contribution in [2.45, 2.75) is 6.04 Å². The molecule has 0 saturated carbocycles. The van der Waals surface area contributed by atoms with E-state index in [1.165, 1.54) is 0 Å². The molecule has 0 bridgehead atoms. The molecule has 1 aromatic heterocycles. The largest absolute Gasteiger partial charge is 0.490 e. The normalized spacial score (nSPS) is 19.9. The van der Waals surface area contributed by atoms with Gasteiger partial charge in [-0.1, -0.05) is 29.8 Å². The van der Waals surface area contributed by atoms with Gasteiger partial charge in [0.05, 0.1) is 24.7 Å². The Balaban J connectivity index is 1.52. The van der Waals surface area contributed by atoms with Crippen LogP contribution in [0.2, 0.25) is 5.02 Å². The SMILES string of the molecule is O=C(NCCOc1cccnc1)C1CNNC1c1ccccc1Cl. The Morgan fingerprint density at radius 1 is 1.33 bits per heavy atom. The van der Waals surface area contributed by atoms with E-state index in [-0.39, 0.29) is 17.9 Å². The van der Waals surface area contributed by atoms with Gasteiger partial charge in [0.2, 0.25) is 5.91 Å². The van der Waals surface area contributed by atoms with Crippen LogP contribution in [0, 0.1) is 5.92 Å². The van der Waals surface area contributed by atoms with Crippen molar-refractivity contribution in [3.05, 3.63) is 59.4 Å². The monoisotopic (exact) mass is 346 g/mol. The van der Waals surface area contributed by atoms with Crippen LogP contribution in [0.5, 0.6) is 5.75 Å². The third kappa shape index (κ3) is 4.03. The van der Waals surface area contributed by atoms with E-state index in [1.54, 1.807) is 18.5 Å². The molecule has 1 fully saturated rings. The van der Waals surface area contributed by atoms with Gasteiger partial charge in [-0.2, -0.15) is 0 Å². The van der Waals surface area contributed by atoms with Gasteiger partial charge in [-0.15, -0.1) is 0 Å². The lowest BCUT2D eigenvalue weighted by Crippen LogP contribution is -2.37. The van der Waals surface area contributed by atoms with Gasteiger partial charge in [0.25, 0.3) is 0 Å². The summed E-state index contributed by atoms with van der Waals surface area (Å²) in [6, 6.07) is 11.0. The summed E-state index contributed by atoms with van der Waals surface area (Å²) in [7, 11) is 0. The second-order valence-corrected chi connectivity index (χ2v) is 5.87. The molecular formula is C17H19ClN4O2. The highest BCUT2D eigenvalue weighted by atomic mass is 35.5. The summed E-state index contributed by atoms with van der Waals surface area (Å²) in [6.07, 6.45) is 3.32. The van der Waals surface area contributed by atoms with Crippen molar-refractivity contribution in [2.75, 3.05) is 19.7 Å². The fraction of sp³-hybridized carbons (Fsp3) is 0.294. The smallest absolute Gasteiger partial charge is 0.226 e. The molecule has 1 aliphatic rings. The number of pyridine rings is 1. The van der Waals surface area contributed by atoms with Crippen molar-refractivity contribution < 1.29 is 9.53 Å². The number of rotatable bonds is 6. The molecule has 24 heavy (non-hydrogen) atoms. The predicted octanol–water partition coefficient (Wildman–Crippen LogP) is 1.70. The number of ether oxygens (including phenoxy) is 1. The summed E-state index contributed by atoms with van der Waals surface area (Å²) < 4.78 is 5.52. The van der Waals surface area contributed by atoms with Crippen molar-refractivity contribution in [1.29, 1.82) is 0 Å². The second-order valence-electron chi connectivity index (χ2n) is 5.46. The van der Waals surface area contributed by atoms with Gasteiger partial charge in [0.15, 0.2) is 0 Å². The fourth-order valence-electron chi connectivity index (χ4n) is 2.67. The number of halogens is 1. The van der Waals surface area contributed by atoms with Crippen LogP contribution in [-0.2, 0) is 4.79 Å². The Morgan fingerprint density at radius 2 is 2.21 bits per heavy atom. The standard InChI is InChI=1S/C17H19ClN4O2/c18-15-6-2-1-5-13(15)16-14(11-21-22-16)17(23)20-8-9-24-12-4-3-7-19-10-12/h1-7,10,14,16,21-22H,8-9,11H2,(H,20,23). The summed E-state index contributed by atoms with van der Waals surface area (Å²) in [6.45, 7) is 1.37. The van der Waals surface area contributed by atoms with E-state index in [0.717, 1.165) is 5.56 Å². The lowest BCUT2D eigenvalue weighted by molar-refractivity contribution is -0.125. The van der Waals surface area contributed by atoms with Crippen molar-refractivity contribution in [3.8, 4) is 5.75 Å². The van der Waals surface area contributed by atoms with E-state index in [9.17, 15) is 4.79 Å². The molecule has 2 atom stereocenters. The molecule has 1 amide bonds. The number of amides is 1. The highest BCUT2D eigenvalue weighted by Crippen LogP contribution is 2.30. The van der Waals surface area contributed by atoms with Gasteiger partial charge in [-0.25, -0.2) is 5.43 Å². The van der Waals surface area contributed by atoms with E-state index >= 15 is 0 Å². The minimum absolute atomic E-state index is 0.0350. The van der Waals surface area contributed by atoms with Gasteiger partial charge in [-0.05, 0) is 23.8 Å². The van der Waals surface area contributed by atoms with Gasteiger partial charge in [0.1, 0.15) is 12.4 Å². The molecule has 0 radical (unpaired) electrons. The van der Waals surface area contributed by atoms with E-state index in [1.807, 2.05) is 30.3 Å². The minimum atomic E-state index is -0.233. The van der Waals surface area contributed by atoms with Crippen molar-refractivity contribution in [1.82, 2.24) is 21.2 Å². The number of carbonyl (C=O) groups excluding carboxylic acids is 1. The van der Waals surface area contributed by atoms with Crippen molar-refractivity contribution in [2.24, 2.45) is 5.92 Å². The Morgan fingerprint density at radius 3 is 3.00 bits per heavy atom. The topological polar surface area (TPSA) is 75.3 Å². The number of nitrogens with zero attached hydrogens (tertiary/aromatic N) is 1. The number of hydrazine groups is 1. The Hall–Kier alpha value is -2.15. The zero-order valence-corrected chi connectivity index (χ0v) is 13.8. The zero-order chi connectivity index (χ0) is 16.8. The number of benzene rings is 1. The molecule has 2 aromatic rings. The average Bonchev–Trinajstić information content (AvgIpc) is 3.09. The highest BCUT2D eigenvalue weighted by molar-refractivity contribution is 6.31. The number of nitrogens with one attached hydrogen (secondary N) is 3. The molecule has 126 valence electrons. The summed E-state index contributed by atoms with van der Waals surface area (Å²) >= 11 is 6.24. The molecule has 3 rings (SSSR count). The first-order valence-electron chi connectivity index (χ1n) is 7.79. The van der Waals surface area contributed by atoms with Crippen LogP contribution in [0.3, 0.4) is 0 Å². The van der Waals surface area contributed by atoms with Crippen LogP contribution in [0.25, 0.3) is 0 Å². The fourth-order valence-corrected chi connectivity index (χ4v) is 2.92. The quantitative estimate of drug-likeness (QED) is 0.694. The van der Waals surface area contributed by atoms with E-state index in [4.69, 9.17) is 16.3 Å². The molecule has 7 heteroatoms. The molecule has 2 unspecified atom stereocenters. The third-order valence-corrected chi connectivity index (χ3v) is 4.21. The van der Waals surface area contributed by atoms with Crippen molar-refractivity contribution in [3.63, 3.8) is 0 Å². The van der Waals surface area contributed by atoms with Crippen LogP contribution in [-0.4, -0.2) is 30.6 Å². The van der Waals surface area contributed by atoms with Crippen LogP contribution in [0.15, 0.2) is 48.8 Å². The number of aromatic nitrogens is 1. The average molecular weight is 347 g/mol. The van der Waals surface area contributed by atoms with Crippen LogP contribution >= 0.6 is 11.6 Å². The molecule has 6 nitrogen and oxygen atoms in total. The maximum Gasteiger partial charge on any atom is 0.226 e. The Labute approximate surface area is 145 Å². The molecule has 1 saturated heterocycles. The minimum Gasteiger partial charge on any atom is -0.490 e. The number of carbonyl (C=O) groups is 1. The number of hydrogen-bond acceptors (Lipinski definition) is 5. The van der Waals surface area contributed by atoms with Crippen LogP contribution < -0.4 is 20.9 Å². The Kier molecular flexibility index (Phi) is 5.63. The summed E-state index contributed by atoms with van der Waals surface area (Å²) in [5.41, 5.74) is 7.08. The molecule has 1 aliphatic heterocycles. The summed E-state index contributed by atoms with van der Waals surface area (Å²) in [5, 5.41) is 3.56. The second kappa shape index (κ2) is 8.10. The van der Waals surface area contributed by atoms with Crippen molar-refractivity contribution >= 4 is 17.5 Å². The lowest BCUT2D eigenvalue weighted by Gasteiger charge is -2.19. The molecule has 1 aromatic carbocycles. The zero-order valence-electron chi connectivity index (χ0n) is 13.0. The third-order valence-electron chi connectivity index (χ3n) is 3.86. The predicted molar refractivity (Wildman–Crippen MR) is 91.6 cm³/mol. The first kappa shape index (κ1) is 16.7. The van der Waals surface area contributed by atoms with Gasteiger partial charge >= 0.3 is 0 Å². The maximum absolute atomic E-state index is 12.4. The first-order chi connectivity index (χ1) is 11.8. The maximum atomic E-state index is 12.4. The molecule has 3 N–H and O–H groups in total. The van der Waals surface area contributed by atoms with Gasteiger partial charge in [0, 0.05) is 17.8 Å². The number of hydrogen-bond donors (Lipinski definition) is 3. The van der Waals surface area contributed by atoms with E-state index in [2.05, 4.69) is 21.2 Å². The summed E-state index contributed by atoms with van der Waals surface area (Å²) in [4.78, 5) is 16.4. The molecule has 0 aliphatic carbocycles. The highest BCUT2D eigenvalue weighted by Gasteiger charge is 2.34. The molecular weight excluding hydrogens is 328 g/mol. The van der Waals surface area contributed by atoms with Gasteiger partial charge in [-0.3, -0.25) is 15.2 Å². The first-order valence-corrected chi connectivity index (χ1v) is 8.17. The van der Waals surface area contributed by atoms with Gasteiger partial charge < -0.3 is 10.1 Å². The van der Waals surface area contributed by atoms with E-state index in [0.29, 0.717) is 30.5 Å². The molecule has 0 spiro atoms. The molecule has 2 heterocycles. The van der Waals surface area contributed by atoms with Crippen LogP contribution in [0.4, 0.5) is 0 Å². The van der Waals surface area contributed by atoms with Crippen LogP contribution in [0.1, 0.15) is 11.6 Å². The Bertz CT molecular complexity index is 683. The summed E-state index contributed by atoms with van der Waals surface area (Å²) in [5.74, 6) is 0.417. The lowest BCUT2D eigenvalue weighted by atomic mass is 9.94. The van der Waals surface area contributed by atoms with E-state index < -0.39 is 0 Å².